The minimum atomic E-state index is -3.56. The second kappa shape index (κ2) is 5.78. The number of fused-ring (bicyclic) bond motifs is 6. The van der Waals surface area contributed by atoms with Crippen molar-refractivity contribution in [2.75, 3.05) is 5.75 Å². The Labute approximate surface area is 183 Å². The van der Waals surface area contributed by atoms with E-state index in [4.69, 9.17) is 4.74 Å². The maximum absolute atomic E-state index is 13.6. The molecule has 0 unspecified atom stereocenters. The largest absolute Gasteiger partial charge is 0.507 e. The summed E-state index contributed by atoms with van der Waals surface area (Å²) in [7, 11) is -3.56. The number of aliphatic hydroxyl groups excluding tert-OH is 1. The van der Waals surface area contributed by atoms with E-state index in [-0.39, 0.29) is 69.6 Å². The molecule has 2 aromatic carbocycles. The number of aromatic hydroxyl groups is 2. The molecule has 0 radical (unpaired) electrons. The van der Waals surface area contributed by atoms with Gasteiger partial charge in [-0.2, -0.15) is 0 Å². The van der Waals surface area contributed by atoms with Crippen LogP contribution < -0.4 is 0 Å². The summed E-state index contributed by atoms with van der Waals surface area (Å²) in [5.74, 6) is -2.23. The number of ether oxygens (including phenoxy) is 1. The van der Waals surface area contributed by atoms with Crippen LogP contribution in [0.3, 0.4) is 0 Å². The molecule has 166 valence electrons. The molecule has 6 rings (SSSR count). The summed E-state index contributed by atoms with van der Waals surface area (Å²) in [6.45, 7) is 3.16. The molecule has 2 aromatic rings. The van der Waals surface area contributed by atoms with Crippen molar-refractivity contribution in [3.63, 3.8) is 0 Å². The Morgan fingerprint density at radius 2 is 1.72 bits per heavy atom. The van der Waals surface area contributed by atoms with E-state index in [0.717, 1.165) is 0 Å². The first kappa shape index (κ1) is 19.9. The maximum atomic E-state index is 13.6. The highest BCUT2D eigenvalue weighted by Gasteiger charge is 2.63. The number of aryl methyl sites for hydroxylation is 1. The summed E-state index contributed by atoms with van der Waals surface area (Å²) < 4.78 is 30.7. The Bertz CT molecular complexity index is 1420. The van der Waals surface area contributed by atoms with Crippen LogP contribution in [0, 0.1) is 6.92 Å². The molecule has 0 saturated carbocycles. The van der Waals surface area contributed by atoms with Crippen molar-refractivity contribution in [3.05, 3.63) is 50.6 Å². The number of benzene rings is 2. The first-order valence-corrected chi connectivity index (χ1v) is 12.1. The zero-order valence-corrected chi connectivity index (χ0v) is 18.2. The monoisotopic (exact) mass is 456 g/mol. The molecule has 0 amide bonds. The van der Waals surface area contributed by atoms with E-state index in [1.54, 1.807) is 13.8 Å². The summed E-state index contributed by atoms with van der Waals surface area (Å²) >= 11 is 0. The van der Waals surface area contributed by atoms with E-state index in [0.29, 0.717) is 16.7 Å². The van der Waals surface area contributed by atoms with E-state index in [1.807, 2.05) is 0 Å². The van der Waals surface area contributed by atoms with Crippen LogP contribution in [0.5, 0.6) is 11.5 Å². The van der Waals surface area contributed by atoms with Crippen molar-refractivity contribution in [3.8, 4) is 11.5 Å². The van der Waals surface area contributed by atoms with E-state index < -0.39 is 38.9 Å². The van der Waals surface area contributed by atoms with Gasteiger partial charge in [-0.25, -0.2) is 8.42 Å². The van der Waals surface area contributed by atoms with Gasteiger partial charge in [0.2, 0.25) is 0 Å². The molecule has 0 aromatic heterocycles. The molecule has 0 bridgehead atoms. The van der Waals surface area contributed by atoms with Gasteiger partial charge in [0.1, 0.15) is 17.1 Å². The fraction of sp³-hybridized carbons (Fsp3) is 0.391. The number of ketones is 2. The second-order valence-electron chi connectivity index (χ2n) is 9.17. The summed E-state index contributed by atoms with van der Waals surface area (Å²) in [5.41, 5.74) is -0.137. The van der Waals surface area contributed by atoms with E-state index in [1.165, 1.54) is 6.07 Å². The lowest BCUT2D eigenvalue weighted by Crippen LogP contribution is -2.36. The van der Waals surface area contributed by atoms with Crippen molar-refractivity contribution >= 4 is 21.4 Å². The van der Waals surface area contributed by atoms with Gasteiger partial charge < -0.3 is 20.1 Å². The van der Waals surface area contributed by atoms with E-state index in [2.05, 4.69) is 0 Å². The van der Waals surface area contributed by atoms with Gasteiger partial charge in [0.05, 0.1) is 34.0 Å². The van der Waals surface area contributed by atoms with Gasteiger partial charge in [-0.05, 0) is 37.5 Å². The molecular weight excluding hydrogens is 436 g/mol. The highest BCUT2D eigenvalue weighted by atomic mass is 32.2. The number of carbonyl (C=O) groups excluding carboxylic acids is 2. The molecule has 1 fully saturated rings. The molecule has 2 aliphatic heterocycles. The highest BCUT2D eigenvalue weighted by molar-refractivity contribution is 7.91. The van der Waals surface area contributed by atoms with Crippen LogP contribution in [0.15, 0.2) is 11.0 Å². The summed E-state index contributed by atoms with van der Waals surface area (Å²) in [6, 6.07) is 1.39. The summed E-state index contributed by atoms with van der Waals surface area (Å²) in [5, 5.41) is 32.3. The Morgan fingerprint density at radius 3 is 2.41 bits per heavy atom. The highest BCUT2D eigenvalue weighted by Crippen LogP contribution is 2.55. The number of hydrogen-bond donors (Lipinski definition) is 3. The average Bonchev–Trinajstić information content (AvgIpc) is 3.37. The lowest BCUT2D eigenvalue weighted by atomic mass is 9.73. The third kappa shape index (κ3) is 2.16. The zero-order valence-electron chi connectivity index (χ0n) is 17.4. The quantitative estimate of drug-likeness (QED) is 0.365. The molecule has 1 saturated heterocycles. The number of phenols is 2. The lowest BCUT2D eigenvalue weighted by molar-refractivity contribution is 0.0889. The Hall–Kier alpha value is -2.75. The van der Waals surface area contributed by atoms with Gasteiger partial charge in [-0.3, -0.25) is 9.59 Å². The van der Waals surface area contributed by atoms with E-state index >= 15 is 0 Å². The SMILES string of the molecule is Cc1cc2c(c3c1S(=O)(=O)CC3)C(=O)c1c(O)c3c(c(O)c1C2=O)C[C@H]1O[C@@]1([C@@H](C)O)C3. The van der Waals surface area contributed by atoms with Crippen molar-refractivity contribution in [1.82, 2.24) is 0 Å². The maximum Gasteiger partial charge on any atom is 0.198 e. The predicted molar refractivity (Wildman–Crippen MR) is 110 cm³/mol. The molecule has 4 aliphatic rings. The van der Waals surface area contributed by atoms with Gasteiger partial charge >= 0.3 is 0 Å². The molecule has 2 heterocycles. The lowest BCUT2D eigenvalue weighted by Gasteiger charge is -2.29. The van der Waals surface area contributed by atoms with Crippen LogP contribution in [0.4, 0.5) is 0 Å². The van der Waals surface area contributed by atoms with Crippen LogP contribution in [-0.4, -0.2) is 58.9 Å². The summed E-state index contributed by atoms with van der Waals surface area (Å²) in [6.07, 6.45) is -0.785. The van der Waals surface area contributed by atoms with Crippen LogP contribution in [0.1, 0.15) is 61.0 Å². The number of phenolic OH excluding ortho intramolecular Hbond substituents is 2. The molecule has 0 spiro atoms. The van der Waals surface area contributed by atoms with Gasteiger partial charge in [0.15, 0.2) is 21.4 Å². The molecule has 9 heteroatoms. The number of hydrogen-bond acceptors (Lipinski definition) is 8. The first-order valence-electron chi connectivity index (χ1n) is 10.4. The number of rotatable bonds is 1. The fourth-order valence-corrected chi connectivity index (χ4v) is 7.64. The standard InChI is InChI=1S/C23H20O8S/c1-8-5-12-15(10-3-4-32(29,30)22(8)10)21(28)17-16(19(12)26)18(25)11-6-14-23(31-14,9(2)24)7-13(11)20(17)27/h5,9,14,24-25,27H,3-4,6-7H2,1-2H3/t9-,14-,23-/m1/s1. The fourth-order valence-electron chi connectivity index (χ4n) is 5.83. The smallest absolute Gasteiger partial charge is 0.198 e. The Morgan fingerprint density at radius 1 is 1.06 bits per heavy atom. The van der Waals surface area contributed by atoms with Crippen LogP contribution in [0.25, 0.3) is 0 Å². The Balaban J connectivity index is 1.62. The molecule has 8 nitrogen and oxygen atoms in total. The van der Waals surface area contributed by atoms with Gasteiger partial charge in [-0.1, -0.05) is 0 Å². The zero-order chi connectivity index (χ0) is 22.9. The average molecular weight is 456 g/mol. The first-order chi connectivity index (χ1) is 15.0. The van der Waals surface area contributed by atoms with Crippen LogP contribution in [-0.2, 0) is 33.8 Å². The third-order valence-electron chi connectivity index (χ3n) is 7.48. The van der Waals surface area contributed by atoms with Crippen molar-refractivity contribution < 1.29 is 38.1 Å². The number of sulfone groups is 1. The van der Waals surface area contributed by atoms with Crippen molar-refractivity contribution in [2.45, 2.75) is 55.8 Å². The predicted octanol–water partition coefficient (Wildman–Crippen LogP) is 1.13. The molecule has 3 atom stereocenters. The van der Waals surface area contributed by atoms with Crippen LogP contribution >= 0.6 is 0 Å². The Kier molecular flexibility index (Phi) is 3.59. The minimum absolute atomic E-state index is 0.0135. The van der Waals surface area contributed by atoms with Gasteiger partial charge in [-0.15, -0.1) is 0 Å². The molecule has 2 aliphatic carbocycles. The van der Waals surface area contributed by atoms with Gasteiger partial charge in [0, 0.05) is 35.1 Å². The number of carbonyl (C=O) groups is 2. The minimum Gasteiger partial charge on any atom is -0.507 e. The van der Waals surface area contributed by atoms with Crippen LogP contribution in [0.2, 0.25) is 0 Å². The van der Waals surface area contributed by atoms with Crippen molar-refractivity contribution in [1.29, 1.82) is 0 Å². The summed E-state index contributed by atoms with van der Waals surface area (Å²) in [4.78, 5) is 27.1. The van der Waals surface area contributed by atoms with Crippen molar-refractivity contribution in [2.24, 2.45) is 0 Å². The third-order valence-corrected chi connectivity index (χ3v) is 9.41. The van der Waals surface area contributed by atoms with E-state index in [9.17, 15) is 33.3 Å². The topological polar surface area (TPSA) is 142 Å². The molecule has 3 N–H and O–H groups in total. The number of aliphatic hydroxyl groups is 1. The number of epoxide rings is 1. The second-order valence-corrected chi connectivity index (χ2v) is 11.2. The van der Waals surface area contributed by atoms with Gasteiger partial charge in [0.25, 0.3) is 0 Å². The molecule has 32 heavy (non-hydrogen) atoms. The normalized spacial score (nSPS) is 27.2. The molecular formula is C23H20O8S.